The molecule has 0 aliphatic heterocycles. The summed E-state index contributed by atoms with van der Waals surface area (Å²) in [7, 11) is 3.34. The summed E-state index contributed by atoms with van der Waals surface area (Å²) in [4.78, 5) is 10.8. The van der Waals surface area contributed by atoms with E-state index in [0.29, 0.717) is 16.2 Å². The minimum atomic E-state index is -0.966. The summed E-state index contributed by atoms with van der Waals surface area (Å²) in [5, 5.41) is 16.2. The van der Waals surface area contributed by atoms with Crippen LogP contribution < -0.4 is 10.1 Å². The van der Waals surface area contributed by atoms with Gasteiger partial charge in [-0.1, -0.05) is 0 Å². The summed E-state index contributed by atoms with van der Waals surface area (Å²) in [6.45, 7) is 0. The zero-order chi connectivity index (χ0) is 14.0. The highest BCUT2D eigenvalue weighted by Crippen LogP contribution is 2.27. The fourth-order valence-corrected chi connectivity index (χ4v) is 2.07. The molecule has 2 aromatic rings. The smallest absolute Gasteiger partial charge is 0.335 e. The molecule has 0 amide bonds. The number of nitrogens with one attached hydrogen (secondary N) is 1. The number of aryl methyl sites for hydroxylation is 1. The van der Waals surface area contributed by atoms with E-state index in [4.69, 9.17) is 9.84 Å². The van der Waals surface area contributed by atoms with E-state index in [1.807, 2.05) is 0 Å². The Morgan fingerprint density at radius 2 is 2.21 bits per heavy atom. The number of carbonyl (C=O) groups is 1. The Morgan fingerprint density at radius 3 is 2.74 bits per heavy atom. The molecule has 0 unspecified atom stereocenters. The molecule has 0 aliphatic carbocycles. The molecule has 100 valence electrons. The molecule has 0 saturated heterocycles. The highest BCUT2D eigenvalue weighted by molar-refractivity contribution is 9.10. The summed E-state index contributed by atoms with van der Waals surface area (Å²) >= 11 is 3.32. The second-order valence-electron chi connectivity index (χ2n) is 3.82. The highest BCUT2D eigenvalue weighted by atomic mass is 79.9. The van der Waals surface area contributed by atoms with Gasteiger partial charge in [-0.25, -0.2) is 9.48 Å². The Hall–Kier alpha value is -2.02. The van der Waals surface area contributed by atoms with E-state index in [1.165, 1.54) is 12.1 Å². The summed E-state index contributed by atoms with van der Waals surface area (Å²) in [6, 6.07) is 6.48. The third-order valence-electron chi connectivity index (χ3n) is 2.52. The van der Waals surface area contributed by atoms with Gasteiger partial charge in [0.05, 0.1) is 18.4 Å². The molecule has 0 bridgehead atoms. The molecule has 0 radical (unpaired) electrons. The van der Waals surface area contributed by atoms with Gasteiger partial charge in [0.1, 0.15) is 0 Å². The van der Waals surface area contributed by atoms with Crippen molar-refractivity contribution in [2.24, 2.45) is 7.05 Å². The Bertz CT molecular complexity index is 625. The lowest BCUT2D eigenvalue weighted by Gasteiger charge is -2.06. The van der Waals surface area contributed by atoms with Crippen LogP contribution in [0.5, 0.6) is 5.88 Å². The normalized spacial score (nSPS) is 10.3. The fourth-order valence-electron chi connectivity index (χ4n) is 1.59. The van der Waals surface area contributed by atoms with E-state index in [1.54, 1.807) is 31.0 Å². The molecule has 2 rings (SSSR count). The maximum absolute atomic E-state index is 10.8. The third-order valence-corrected chi connectivity index (χ3v) is 3.18. The maximum atomic E-state index is 10.8. The molecule has 19 heavy (non-hydrogen) atoms. The predicted octanol–water partition coefficient (Wildman–Crippen LogP) is 2.63. The van der Waals surface area contributed by atoms with Gasteiger partial charge in [-0.2, -0.15) is 5.10 Å². The van der Waals surface area contributed by atoms with Crippen molar-refractivity contribution in [2.45, 2.75) is 0 Å². The summed E-state index contributed by atoms with van der Waals surface area (Å²) in [5.74, 6) is 0.274. The second-order valence-corrected chi connectivity index (χ2v) is 4.67. The van der Waals surface area contributed by atoms with Crippen molar-refractivity contribution >= 4 is 33.4 Å². The van der Waals surface area contributed by atoms with E-state index in [9.17, 15) is 4.79 Å². The molecular formula is C12H12BrN3O3. The number of aromatic nitrogens is 2. The van der Waals surface area contributed by atoms with Crippen LogP contribution in [0.1, 0.15) is 10.4 Å². The van der Waals surface area contributed by atoms with Crippen LogP contribution in [-0.4, -0.2) is 28.0 Å². The number of rotatable bonds is 4. The van der Waals surface area contributed by atoms with Crippen molar-refractivity contribution in [3.05, 3.63) is 34.3 Å². The van der Waals surface area contributed by atoms with Gasteiger partial charge in [0.15, 0.2) is 5.82 Å². The molecule has 1 heterocycles. The van der Waals surface area contributed by atoms with E-state index in [2.05, 4.69) is 26.3 Å². The van der Waals surface area contributed by atoms with Gasteiger partial charge in [-0.3, -0.25) is 0 Å². The molecule has 0 saturated carbocycles. The number of carboxylic acid groups (broad SMARTS) is 1. The quantitative estimate of drug-likeness (QED) is 0.903. The standard InChI is InChI=1S/C12H12BrN3O3/c1-16-11(19-2)6-10(15-16)14-9-4-3-7(12(17)18)5-8(9)13/h3-6H,1-2H3,(H,14,15)(H,17,18). The van der Waals surface area contributed by atoms with Crippen LogP contribution >= 0.6 is 15.9 Å². The third kappa shape index (κ3) is 2.87. The van der Waals surface area contributed by atoms with Gasteiger partial charge in [-0.05, 0) is 34.1 Å². The zero-order valence-electron chi connectivity index (χ0n) is 10.3. The fraction of sp³-hybridized carbons (Fsp3) is 0.167. The molecule has 1 aromatic heterocycles. The van der Waals surface area contributed by atoms with E-state index < -0.39 is 5.97 Å². The van der Waals surface area contributed by atoms with Crippen molar-refractivity contribution in [1.82, 2.24) is 9.78 Å². The number of ether oxygens (including phenoxy) is 1. The molecule has 6 nitrogen and oxygen atoms in total. The van der Waals surface area contributed by atoms with Crippen LogP contribution in [0.3, 0.4) is 0 Å². The predicted molar refractivity (Wildman–Crippen MR) is 74.1 cm³/mol. The number of anilines is 2. The lowest BCUT2D eigenvalue weighted by Crippen LogP contribution is -1.99. The van der Waals surface area contributed by atoms with Crippen molar-refractivity contribution < 1.29 is 14.6 Å². The van der Waals surface area contributed by atoms with Crippen LogP contribution in [0.25, 0.3) is 0 Å². The van der Waals surface area contributed by atoms with Crippen LogP contribution in [0.15, 0.2) is 28.7 Å². The Morgan fingerprint density at radius 1 is 1.47 bits per heavy atom. The molecule has 2 N–H and O–H groups in total. The number of carboxylic acids is 1. The van der Waals surface area contributed by atoms with E-state index in [-0.39, 0.29) is 5.56 Å². The molecular weight excluding hydrogens is 314 g/mol. The highest BCUT2D eigenvalue weighted by Gasteiger charge is 2.09. The Labute approximate surface area is 118 Å². The molecule has 0 spiro atoms. The molecule has 0 fully saturated rings. The summed E-state index contributed by atoms with van der Waals surface area (Å²) in [5.41, 5.74) is 0.946. The van der Waals surface area contributed by atoms with Gasteiger partial charge in [0, 0.05) is 17.6 Å². The van der Waals surface area contributed by atoms with Crippen molar-refractivity contribution in [1.29, 1.82) is 0 Å². The van der Waals surface area contributed by atoms with Gasteiger partial charge in [0.2, 0.25) is 5.88 Å². The van der Waals surface area contributed by atoms with Crippen molar-refractivity contribution in [3.8, 4) is 5.88 Å². The van der Waals surface area contributed by atoms with Crippen LogP contribution in [0, 0.1) is 0 Å². The first-order valence-corrected chi connectivity index (χ1v) is 6.18. The van der Waals surface area contributed by atoms with E-state index >= 15 is 0 Å². The minimum Gasteiger partial charge on any atom is -0.481 e. The average Bonchev–Trinajstić information content (AvgIpc) is 2.72. The van der Waals surface area contributed by atoms with Gasteiger partial charge < -0.3 is 15.2 Å². The van der Waals surface area contributed by atoms with Gasteiger partial charge >= 0.3 is 5.97 Å². The number of methoxy groups -OCH3 is 1. The number of benzene rings is 1. The SMILES string of the molecule is COc1cc(Nc2ccc(C(=O)O)cc2Br)nn1C. The summed E-state index contributed by atoms with van der Waals surface area (Å²) in [6.07, 6.45) is 0. The van der Waals surface area contributed by atoms with E-state index in [0.717, 1.165) is 5.69 Å². The zero-order valence-corrected chi connectivity index (χ0v) is 11.9. The number of halogens is 1. The largest absolute Gasteiger partial charge is 0.481 e. The second kappa shape index (κ2) is 5.31. The van der Waals surface area contributed by atoms with Gasteiger partial charge in [-0.15, -0.1) is 0 Å². The molecule has 1 aromatic carbocycles. The lowest BCUT2D eigenvalue weighted by atomic mass is 10.2. The van der Waals surface area contributed by atoms with Crippen molar-refractivity contribution in [3.63, 3.8) is 0 Å². The first-order chi connectivity index (χ1) is 9.01. The first-order valence-electron chi connectivity index (χ1n) is 5.39. The summed E-state index contributed by atoms with van der Waals surface area (Å²) < 4.78 is 7.36. The number of hydrogen-bond donors (Lipinski definition) is 2. The number of aromatic carboxylic acids is 1. The maximum Gasteiger partial charge on any atom is 0.335 e. The average molecular weight is 326 g/mol. The Balaban J connectivity index is 2.25. The van der Waals surface area contributed by atoms with Crippen LogP contribution in [0.4, 0.5) is 11.5 Å². The molecule has 0 atom stereocenters. The topological polar surface area (TPSA) is 76.4 Å². The van der Waals surface area contributed by atoms with Crippen LogP contribution in [0.2, 0.25) is 0 Å². The minimum absolute atomic E-state index is 0.219. The number of nitrogens with zero attached hydrogens (tertiary/aromatic N) is 2. The number of hydrogen-bond acceptors (Lipinski definition) is 4. The molecule has 0 aliphatic rings. The first kappa shape index (κ1) is 13.4. The monoisotopic (exact) mass is 325 g/mol. The van der Waals surface area contributed by atoms with Gasteiger partial charge in [0.25, 0.3) is 0 Å². The van der Waals surface area contributed by atoms with Crippen molar-refractivity contribution in [2.75, 3.05) is 12.4 Å². The van der Waals surface area contributed by atoms with Crippen LogP contribution in [-0.2, 0) is 7.05 Å². The Kier molecular flexibility index (Phi) is 3.75. The lowest BCUT2D eigenvalue weighted by molar-refractivity contribution is 0.0697. The molecule has 7 heteroatoms.